The fourth-order valence-electron chi connectivity index (χ4n) is 2.19. The lowest BCUT2D eigenvalue weighted by molar-refractivity contribution is 0.246. The Bertz CT molecular complexity index is 595. The summed E-state index contributed by atoms with van der Waals surface area (Å²) in [6.45, 7) is 0.702. The number of nitrogens with zero attached hydrogens (tertiary/aromatic N) is 2. The number of anilines is 2. The molecule has 1 unspecified atom stereocenters. The topological polar surface area (TPSA) is 59.1 Å². The van der Waals surface area contributed by atoms with Crippen molar-refractivity contribution in [3.8, 4) is 5.75 Å². The smallest absolute Gasteiger partial charge is 0.224 e. The summed E-state index contributed by atoms with van der Waals surface area (Å²) in [7, 11) is 1.80. The summed E-state index contributed by atoms with van der Waals surface area (Å²) >= 11 is 3.44. The molecule has 3 rings (SSSR count). The summed E-state index contributed by atoms with van der Waals surface area (Å²) in [6.07, 6.45) is 2.78. The van der Waals surface area contributed by atoms with Crippen LogP contribution in [0.25, 0.3) is 0 Å². The zero-order chi connectivity index (χ0) is 13.9. The van der Waals surface area contributed by atoms with Gasteiger partial charge in [0.1, 0.15) is 17.7 Å². The number of benzene rings is 1. The number of aromatic nitrogens is 2. The van der Waals surface area contributed by atoms with E-state index in [0.717, 1.165) is 22.5 Å². The van der Waals surface area contributed by atoms with E-state index in [1.807, 2.05) is 18.2 Å². The van der Waals surface area contributed by atoms with Crippen molar-refractivity contribution < 1.29 is 4.74 Å². The fraction of sp³-hybridized carbons (Fsp3) is 0.286. The van der Waals surface area contributed by atoms with Gasteiger partial charge >= 0.3 is 0 Å². The zero-order valence-electron chi connectivity index (χ0n) is 11.1. The Balaban J connectivity index is 1.64. The summed E-state index contributed by atoms with van der Waals surface area (Å²) in [5, 5.41) is 6.22. The minimum Gasteiger partial charge on any atom is -0.488 e. The monoisotopic (exact) mass is 334 g/mol. The first-order valence-corrected chi connectivity index (χ1v) is 7.24. The first-order chi connectivity index (χ1) is 9.76. The maximum Gasteiger partial charge on any atom is 0.224 e. The normalized spacial score (nSPS) is 16.4. The molecule has 0 saturated carbocycles. The molecule has 0 amide bonds. The van der Waals surface area contributed by atoms with E-state index in [9.17, 15) is 0 Å². The lowest BCUT2D eigenvalue weighted by Crippen LogP contribution is -2.24. The Morgan fingerprint density at radius 2 is 2.25 bits per heavy atom. The summed E-state index contributed by atoms with van der Waals surface area (Å²) in [5.41, 5.74) is 1.26. The molecule has 1 atom stereocenters. The second-order valence-corrected chi connectivity index (χ2v) is 5.43. The van der Waals surface area contributed by atoms with Gasteiger partial charge in [0.2, 0.25) is 5.95 Å². The highest BCUT2D eigenvalue weighted by atomic mass is 79.9. The van der Waals surface area contributed by atoms with Crippen LogP contribution in [0, 0.1) is 0 Å². The van der Waals surface area contributed by atoms with Crippen LogP contribution < -0.4 is 15.4 Å². The van der Waals surface area contributed by atoms with Gasteiger partial charge in [-0.15, -0.1) is 0 Å². The van der Waals surface area contributed by atoms with Gasteiger partial charge in [0.15, 0.2) is 0 Å². The Kier molecular flexibility index (Phi) is 3.73. The van der Waals surface area contributed by atoms with E-state index in [0.29, 0.717) is 12.5 Å². The molecular formula is C14H15BrN4O. The van der Waals surface area contributed by atoms with E-state index in [-0.39, 0.29) is 6.10 Å². The van der Waals surface area contributed by atoms with Gasteiger partial charge in [-0.2, -0.15) is 4.98 Å². The van der Waals surface area contributed by atoms with E-state index < -0.39 is 0 Å². The maximum absolute atomic E-state index is 5.89. The highest BCUT2D eigenvalue weighted by Crippen LogP contribution is 2.28. The first-order valence-electron chi connectivity index (χ1n) is 6.45. The second kappa shape index (κ2) is 5.66. The third kappa shape index (κ3) is 2.70. The number of ether oxygens (including phenoxy) is 1. The van der Waals surface area contributed by atoms with Crippen LogP contribution in [-0.2, 0) is 6.42 Å². The van der Waals surface area contributed by atoms with Crippen molar-refractivity contribution in [2.75, 3.05) is 24.2 Å². The van der Waals surface area contributed by atoms with Crippen molar-refractivity contribution in [3.63, 3.8) is 0 Å². The Hall–Kier alpha value is -1.82. The minimum absolute atomic E-state index is 0.132. The molecule has 2 heterocycles. The molecular weight excluding hydrogens is 320 g/mol. The van der Waals surface area contributed by atoms with Gasteiger partial charge in [0, 0.05) is 19.7 Å². The SMILES string of the molecule is CNc1ncc(Br)c(NCC2Cc3ccccc3O2)n1. The molecule has 0 fully saturated rings. The van der Waals surface area contributed by atoms with Crippen LogP contribution in [0.3, 0.4) is 0 Å². The molecule has 0 aliphatic carbocycles. The average molecular weight is 335 g/mol. The molecule has 5 nitrogen and oxygen atoms in total. The molecule has 1 aliphatic rings. The van der Waals surface area contributed by atoms with Crippen molar-refractivity contribution in [1.29, 1.82) is 0 Å². The molecule has 1 aromatic heterocycles. The van der Waals surface area contributed by atoms with E-state index in [4.69, 9.17) is 4.74 Å². The van der Waals surface area contributed by atoms with E-state index in [1.54, 1.807) is 13.2 Å². The van der Waals surface area contributed by atoms with Gasteiger partial charge < -0.3 is 15.4 Å². The van der Waals surface area contributed by atoms with Crippen molar-refractivity contribution in [3.05, 3.63) is 40.5 Å². The molecule has 1 aromatic carbocycles. The number of fused-ring (bicyclic) bond motifs is 1. The van der Waals surface area contributed by atoms with Crippen molar-refractivity contribution in [1.82, 2.24) is 9.97 Å². The van der Waals surface area contributed by atoms with E-state index in [1.165, 1.54) is 5.56 Å². The van der Waals surface area contributed by atoms with Crippen molar-refractivity contribution in [2.24, 2.45) is 0 Å². The van der Waals surface area contributed by atoms with Crippen LogP contribution in [-0.4, -0.2) is 29.7 Å². The van der Waals surface area contributed by atoms with Crippen LogP contribution >= 0.6 is 15.9 Å². The summed E-state index contributed by atoms with van der Waals surface area (Å²) in [4.78, 5) is 8.49. The Morgan fingerprint density at radius 3 is 3.05 bits per heavy atom. The molecule has 2 aromatic rings. The predicted octanol–water partition coefficient (Wildman–Crippen LogP) is 2.70. The number of rotatable bonds is 4. The summed E-state index contributed by atoms with van der Waals surface area (Å²) in [5.74, 6) is 2.34. The Morgan fingerprint density at radius 1 is 1.40 bits per heavy atom. The van der Waals surface area contributed by atoms with Gasteiger partial charge in [-0.3, -0.25) is 0 Å². The van der Waals surface area contributed by atoms with Gasteiger partial charge in [0.05, 0.1) is 11.0 Å². The molecule has 0 saturated heterocycles. The third-order valence-electron chi connectivity index (χ3n) is 3.18. The number of para-hydroxylation sites is 1. The van der Waals surface area contributed by atoms with Crippen LogP contribution in [0.4, 0.5) is 11.8 Å². The van der Waals surface area contributed by atoms with Gasteiger partial charge in [0.25, 0.3) is 0 Å². The molecule has 6 heteroatoms. The largest absolute Gasteiger partial charge is 0.488 e. The lowest BCUT2D eigenvalue weighted by Gasteiger charge is -2.13. The van der Waals surface area contributed by atoms with Crippen molar-refractivity contribution >= 4 is 27.7 Å². The Labute approximate surface area is 125 Å². The minimum atomic E-state index is 0.132. The van der Waals surface area contributed by atoms with Crippen LogP contribution in [0.1, 0.15) is 5.56 Å². The van der Waals surface area contributed by atoms with Crippen LogP contribution in [0.15, 0.2) is 34.9 Å². The number of halogens is 1. The standard InChI is InChI=1S/C14H15BrN4O/c1-16-14-18-8-11(15)13(19-14)17-7-10-6-9-4-2-3-5-12(9)20-10/h2-5,8,10H,6-7H2,1H3,(H2,16,17,18,19). The summed E-state index contributed by atoms with van der Waals surface area (Å²) < 4.78 is 6.73. The van der Waals surface area contributed by atoms with Gasteiger partial charge in [-0.05, 0) is 27.6 Å². The number of nitrogens with one attached hydrogen (secondary N) is 2. The molecule has 1 aliphatic heterocycles. The van der Waals surface area contributed by atoms with E-state index in [2.05, 4.69) is 42.6 Å². The maximum atomic E-state index is 5.89. The molecule has 2 N–H and O–H groups in total. The molecule has 0 spiro atoms. The fourth-order valence-corrected chi connectivity index (χ4v) is 2.52. The lowest BCUT2D eigenvalue weighted by atomic mass is 10.1. The quantitative estimate of drug-likeness (QED) is 0.900. The second-order valence-electron chi connectivity index (χ2n) is 4.57. The summed E-state index contributed by atoms with van der Waals surface area (Å²) in [6, 6.07) is 8.15. The molecule has 20 heavy (non-hydrogen) atoms. The molecule has 0 radical (unpaired) electrons. The third-order valence-corrected chi connectivity index (χ3v) is 3.76. The highest BCUT2D eigenvalue weighted by Gasteiger charge is 2.22. The molecule has 104 valence electrons. The van der Waals surface area contributed by atoms with E-state index >= 15 is 0 Å². The van der Waals surface area contributed by atoms with Gasteiger partial charge in [-0.1, -0.05) is 18.2 Å². The number of hydrogen-bond acceptors (Lipinski definition) is 5. The average Bonchev–Trinajstić information content (AvgIpc) is 2.89. The highest BCUT2D eigenvalue weighted by molar-refractivity contribution is 9.10. The van der Waals surface area contributed by atoms with Gasteiger partial charge in [-0.25, -0.2) is 4.98 Å². The molecule has 0 bridgehead atoms. The van der Waals surface area contributed by atoms with Crippen LogP contribution in [0.2, 0.25) is 0 Å². The van der Waals surface area contributed by atoms with Crippen LogP contribution in [0.5, 0.6) is 5.75 Å². The first kappa shape index (κ1) is 13.2. The predicted molar refractivity (Wildman–Crippen MR) is 82.3 cm³/mol. The number of hydrogen-bond donors (Lipinski definition) is 2. The zero-order valence-corrected chi connectivity index (χ0v) is 12.6. The van der Waals surface area contributed by atoms with Crippen molar-refractivity contribution in [2.45, 2.75) is 12.5 Å².